The maximum absolute atomic E-state index is 5.46. The average molecular weight is 208 g/mol. The molecule has 1 unspecified atom stereocenters. The molecule has 0 spiro atoms. The predicted molar refractivity (Wildman–Crippen MR) is 63.1 cm³/mol. The van der Waals surface area contributed by atoms with Gasteiger partial charge in [0.25, 0.3) is 0 Å². The fourth-order valence-corrected chi connectivity index (χ4v) is 1.71. The van der Waals surface area contributed by atoms with E-state index in [1.54, 1.807) is 11.8 Å². The molecule has 1 rings (SSSR count). The molecular weight excluding hydrogens is 192 g/mol. The van der Waals surface area contributed by atoms with Crippen LogP contribution in [0.25, 0.3) is 0 Å². The molecule has 1 aromatic rings. The van der Waals surface area contributed by atoms with E-state index in [4.69, 9.17) is 5.84 Å². The molecule has 0 saturated heterocycles. The maximum Gasteiger partial charge on any atom is 0.0494 e. The number of thioether (sulfide) groups is 1. The van der Waals surface area contributed by atoms with Crippen molar-refractivity contribution < 1.29 is 0 Å². The molecule has 0 heterocycles. The van der Waals surface area contributed by atoms with Gasteiger partial charge in [-0.05, 0) is 30.4 Å². The fraction of sp³-hybridized carbons (Fsp3) is 0.273. The summed E-state index contributed by atoms with van der Waals surface area (Å²) in [6.45, 7) is 3.71. The molecule has 0 aliphatic rings. The Labute approximate surface area is 89.5 Å². The molecule has 0 aliphatic heterocycles. The van der Waals surface area contributed by atoms with Crippen molar-refractivity contribution in [2.45, 2.75) is 17.4 Å². The molecule has 2 nitrogen and oxygen atoms in total. The predicted octanol–water partition coefficient (Wildman–Crippen LogP) is 2.49. The number of hydrogen-bond donors (Lipinski definition) is 2. The molecule has 0 fully saturated rings. The van der Waals surface area contributed by atoms with Gasteiger partial charge in [-0.25, -0.2) is 0 Å². The number of benzene rings is 1. The van der Waals surface area contributed by atoms with E-state index in [1.807, 2.05) is 6.08 Å². The van der Waals surface area contributed by atoms with E-state index in [0.717, 1.165) is 6.42 Å². The van der Waals surface area contributed by atoms with Gasteiger partial charge in [-0.1, -0.05) is 18.2 Å². The van der Waals surface area contributed by atoms with Crippen LogP contribution in [0.5, 0.6) is 0 Å². The number of rotatable bonds is 5. The van der Waals surface area contributed by atoms with Crippen molar-refractivity contribution in [2.24, 2.45) is 5.84 Å². The average Bonchev–Trinajstić information content (AvgIpc) is 2.26. The van der Waals surface area contributed by atoms with Gasteiger partial charge in [0.1, 0.15) is 0 Å². The van der Waals surface area contributed by atoms with Gasteiger partial charge in [0.05, 0.1) is 0 Å². The van der Waals surface area contributed by atoms with Crippen molar-refractivity contribution in [3.05, 3.63) is 42.5 Å². The van der Waals surface area contributed by atoms with Crippen LogP contribution in [0, 0.1) is 0 Å². The summed E-state index contributed by atoms with van der Waals surface area (Å²) in [5.74, 6) is 5.46. The molecular formula is C11H16N2S. The van der Waals surface area contributed by atoms with Crippen molar-refractivity contribution in [3.8, 4) is 0 Å². The quantitative estimate of drug-likeness (QED) is 0.338. The van der Waals surface area contributed by atoms with Crippen LogP contribution in [0.4, 0.5) is 0 Å². The summed E-state index contributed by atoms with van der Waals surface area (Å²) in [6, 6.07) is 8.57. The Bertz CT molecular complexity index is 282. The van der Waals surface area contributed by atoms with Gasteiger partial charge >= 0.3 is 0 Å². The molecule has 3 heteroatoms. The van der Waals surface area contributed by atoms with Gasteiger partial charge in [0.2, 0.25) is 0 Å². The summed E-state index contributed by atoms with van der Waals surface area (Å²) in [5.41, 5.74) is 3.98. The Kier molecular flexibility index (Phi) is 4.73. The topological polar surface area (TPSA) is 38.0 Å². The van der Waals surface area contributed by atoms with E-state index in [1.165, 1.54) is 10.5 Å². The first-order valence-corrected chi connectivity index (χ1v) is 5.75. The van der Waals surface area contributed by atoms with Crippen molar-refractivity contribution in [3.63, 3.8) is 0 Å². The smallest absolute Gasteiger partial charge is 0.0494 e. The largest absolute Gasteiger partial charge is 0.271 e. The van der Waals surface area contributed by atoms with E-state index in [2.05, 4.69) is 42.5 Å². The first kappa shape index (κ1) is 11.3. The molecule has 1 aromatic carbocycles. The highest BCUT2D eigenvalue weighted by molar-refractivity contribution is 7.98. The number of nitrogens with one attached hydrogen (secondary N) is 1. The van der Waals surface area contributed by atoms with Crippen LogP contribution in [0.3, 0.4) is 0 Å². The van der Waals surface area contributed by atoms with E-state index in [0.29, 0.717) is 0 Å². The van der Waals surface area contributed by atoms with E-state index in [9.17, 15) is 0 Å². The minimum Gasteiger partial charge on any atom is -0.271 e. The Morgan fingerprint density at radius 3 is 2.57 bits per heavy atom. The number of nitrogens with two attached hydrogens (primary N) is 1. The van der Waals surface area contributed by atoms with Crippen LogP contribution >= 0.6 is 11.8 Å². The van der Waals surface area contributed by atoms with Crippen LogP contribution in [0.15, 0.2) is 41.8 Å². The minimum atomic E-state index is 0.170. The SMILES string of the molecule is C=CCC(NN)c1ccc(SC)cc1. The van der Waals surface area contributed by atoms with Crippen molar-refractivity contribution in [1.29, 1.82) is 0 Å². The zero-order valence-corrected chi connectivity index (χ0v) is 9.18. The molecule has 76 valence electrons. The monoisotopic (exact) mass is 208 g/mol. The Morgan fingerprint density at radius 2 is 2.14 bits per heavy atom. The van der Waals surface area contributed by atoms with Gasteiger partial charge in [0, 0.05) is 10.9 Å². The van der Waals surface area contributed by atoms with Crippen molar-refractivity contribution in [1.82, 2.24) is 5.43 Å². The second-order valence-electron chi connectivity index (χ2n) is 3.02. The number of hydrazine groups is 1. The van der Waals surface area contributed by atoms with Crippen LogP contribution in [-0.2, 0) is 0 Å². The molecule has 0 saturated carbocycles. The van der Waals surface area contributed by atoms with Gasteiger partial charge < -0.3 is 0 Å². The van der Waals surface area contributed by atoms with Crippen molar-refractivity contribution >= 4 is 11.8 Å². The first-order valence-electron chi connectivity index (χ1n) is 4.52. The minimum absolute atomic E-state index is 0.170. The lowest BCUT2D eigenvalue weighted by molar-refractivity contribution is 0.561. The molecule has 0 bridgehead atoms. The zero-order valence-electron chi connectivity index (χ0n) is 8.36. The van der Waals surface area contributed by atoms with Crippen LogP contribution in [-0.4, -0.2) is 6.26 Å². The summed E-state index contributed by atoms with van der Waals surface area (Å²) in [6.07, 6.45) is 4.78. The lowest BCUT2D eigenvalue weighted by atomic mass is 10.0. The molecule has 0 radical (unpaired) electrons. The second kappa shape index (κ2) is 5.86. The third-order valence-corrected chi connectivity index (χ3v) is 2.87. The Morgan fingerprint density at radius 1 is 1.50 bits per heavy atom. The summed E-state index contributed by atoms with van der Waals surface area (Å²) >= 11 is 1.74. The summed E-state index contributed by atoms with van der Waals surface area (Å²) in [7, 11) is 0. The first-order chi connectivity index (χ1) is 6.81. The molecule has 3 N–H and O–H groups in total. The summed E-state index contributed by atoms with van der Waals surface area (Å²) in [5, 5.41) is 0. The van der Waals surface area contributed by atoms with Gasteiger partial charge in [0.15, 0.2) is 0 Å². The molecule has 0 amide bonds. The van der Waals surface area contributed by atoms with Gasteiger partial charge in [-0.3, -0.25) is 11.3 Å². The number of hydrogen-bond acceptors (Lipinski definition) is 3. The van der Waals surface area contributed by atoms with E-state index >= 15 is 0 Å². The molecule has 0 aliphatic carbocycles. The lowest BCUT2D eigenvalue weighted by Gasteiger charge is -2.14. The maximum atomic E-state index is 5.46. The lowest BCUT2D eigenvalue weighted by Crippen LogP contribution is -2.27. The van der Waals surface area contributed by atoms with E-state index < -0.39 is 0 Å². The highest BCUT2D eigenvalue weighted by Crippen LogP contribution is 2.20. The third-order valence-electron chi connectivity index (χ3n) is 2.12. The summed E-state index contributed by atoms with van der Waals surface area (Å²) < 4.78 is 0. The molecule has 1 atom stereocenters. The Balaban J connectivity index is 2.77. The third kappa shape index (κ3) is 2.87. The van der Waals surface area contributed by atoms with Crippen LogP contribution < -0.4 is 11.3 Å². The summed E-state index contributed by atoms with van der Waals surface area (Å²) in [4.78, 5) is 1.27. The fourth-order valence-electron chi connectivity index (χ4n) is 1.30. The highest BCUT2D eigenvalue weighted by atomic mass is 32.2. The van der Waals surface area contributed by atoms with E-state index in [-0.39, 0.29) is 6.04 Å². The standard InChI is InChI=1S/C11H16N2S/c1-3-4-11(13-12)9-5-7-10(14-2)8-6-9/h3,5-8,11,13H,1,4,12H2,2H3. The zero-order chi connectivity index (χ0) is 10.4. The van der Waals surface area contributed by atoms with Gasteiger partial charge in [-0.15, -0.1) is 18.3 Å². The van der Waals surface area contributed by atoms with Crippen LogP contribution in [0.1, 0.15) is 18.0 Å². The van der Waals surface area contributed by atoms with Gasteiger partial charge in [-0.2, -0.15) is 0 Å². The normalized spacial score (nSPS) is 12.4. The second-order valence-corrected chi connectivity index (χ2v) is 3.90. The Hall–Kier alpha value is -0.770. The molecule has 0 aromatic heterocycles. The highest BCUT2D eigenvalue weighted by Gasteiger charge is 2.06. The van der Waals surface area contributed by atoms with Crippen molar-refractivity contribution in [2.75, 3.05) is 6.26 Å². The molecule has 14 heavy (non-hydrogen) atoms. The van der Waals surface area contributed by atoms with Crippen LogP contribution in [0.2, 0.25) is 0 Å².